The van der Waals surface area contributed by atoms with Crippen LogP contribution in [-0.2, 0) is 9.84 Å². The second kappa shape index (κ2) is 3.06. The predicted molar refractivity (Wildman–Crippen MR) is 46.8 cm³/mol. The molecular weight excluding hydrogens is 199 g/mol. The molecule has 0 aliphatic rings. The molecule has 66 valence electrons. The van der Waals surface area contributed by atoms with Crippen molar-refractivity contribution < 1.29 is 12.8 Å². The lowest BCUT2D eigenvalue weighted by molar-refractivity contribution is 0.593. The van der Waals surface area contributed by atoms with Crippen LogP contribution in [0.5, 0.6) is 0 Å². The Morgan fingerprint density at radius 1 is 1.42 bits per heavy atom. The summed E-state index contributed by atoms with van der Waals surface area (Å²) in [6, 6.07) is 3.48. The maximum absolute atomic E-state index is 12.6. The molecule has 0 aliphatic heterocycles. The summed E-state index contributed by atoms with van der Waals surface area (Å²) in [5.74, 6) is -0.522. The Labute approximate surface area is 75.7 Å². The van der Waals surface area contributed by atoms with Crippen LogP contribution in [0.25, 0.3) is 0 Å². The summed E-state index contributed by atoms with van der Waals surface area (Å²) < 4.78 is 34.5. The number of halogens is 1. The molecule has 0 saturated carbocycles. The Kier molecular flexibility index (Phi) is 2.44. The fourth-order valence-corrected chi connectivity index (χ4v) is 1.67. The summed E-state index contributed by atoms with van der Waals surface area (Å²) in [6.45, 7) is 0. The number of rotatable bonds is 1. The van der Waals surface area contributed by atoms with Gasteiger partial charge in [0.25, 0.3) is 0 Å². The van der Waals surface area contributed by atoms with Gasteiger partial charge in [0.05, 0.1) is 4.90 Å². The molecule has 0 heterocycles. The average Bonchev–Trinajstić information content (AvgIpc) is 1.92. The van der Waals surface area contributed by atoms with Gasteiger partial charge in [-0.15, -0.1) is 12.6 Å². The van der Waals surface area contributed by atoms with Crippen LogP contribution in [0.15, 0.2) is 28.0 Å². The van der Waals surface area contributed by atoms with Crippen LogP contribution in [0.2, 0.25) is 0 Å². The first-order valence-electron chi connectivity index (χ1n) is 3.10. The van der Waals surface area contributed by atoms with Gasteiger partial charge in [0.15, 0.2) is 9.84 Å². The summed E-state index contributed by atoms with van der Waals surface area (Å²) in [5, 5.41) is 0. The van der Waals surface area contributed by atoms with Crippen LogP contribution in [0.1, 0.15) is 0 Å². The molecule has 0 aliphatic carbocycles. The molecule has 0 N–H and O–H groups in total. The van der Waals surface area contributed by atoms with Gasteiger partial charge in [-0.05, 0) is 18.2 Å². The van der Waals surface area contributed by atoms with E-state index >= 15 is 0 Å². The normalized spacial score (nSPS) is 11.6. The molecule has 0 saturated heterocycles. The van der Waals surface area contributed by atoms with Crippen molar-refractivity contribution in [2.75, 3.05) is 6.26 Å². The summed E-state index contributed by atoms with van der Waals surface area (Å²) in [4.78, 5) is 0.117. The van der Waals surface area contributed by atoms with Crippen LogP contribution in [-0.4, -0.2) is 14.7 Å². The van der Waals surface area contributed by atoms with Gasteiger partial charge in [0, 0.05) is 11.2 Å². The van der Waals surface area contributed by atoms with E-state index in [1.165, 1.54) is 12.1 Å². The van der Waals surface area contributed by atoms with Crippen molar-refractivity contribution in [2.24, 2.45) is 0 Å². The highest BCUT2D eigenvalue weighted by Crippen LogP contribution is 2.17. The standard InChI is InChI=1S/C7H7FO2S2/c1-12(9,10)5-2-3-6(8)7(11)4-5/h2-4,11H,1H3. The van der Waals surface area contributed by atoms with Crippen molar-refractivity contribution in [1.29, 1.82) is 0 Å². The van der Waals surface area contributed by atoms with Gasteiger partial charge in [-0.3, -0.25) is 0 Å². The largest absolute Gasteiger partial charge is 0.224 e. The number of thiol groups is 1. The number of sulfone groups is 1. The molecule has 0 unspecified atom stereocenters. The molecule has 1 aromatic carbocycles. The van der Waals surface area contributed by atoms with Gasteiger partial charge in [-0.25, -0.2) is 12.8 Å². The number of hydrogen-bond acceptors (Lipinski definition) is 3. The molecule has 0 radical (unpaired) electrons. The maximum atomic E-state index is 12.6. The van der Waals surface area contributed by atoms with E-state index in [4.69, 9.17) is 0 Å². The first-order valence-corrected chi connectivity index (χ1v) is 5.43. The molecule has 2 nitrogen and oxygen atoms in total. The van der Waals surface area contributed by atoms with E-state index in [1.807, 2.05) is 0 Å². The molecular formula is C7H7FO2S2. The highest BCUT2D eigenvalue weighted by atomic mass is 32.2. The van der Waals surface area contributed by atoms with Crippen LogP contribution in [0, 0.1) is 5.82 Å². The van der Waals surface area contributed by atoms with Gasteiger partial charge in [-0.1, -0.05) is 0 Å². The van der Waals surface area contributed by atoms with E-state index in [0.717, 1.165) is 12.3 Å². The van der Waals surface area contributed by atoms with Gasteiger partial charge in [0.2, 0.25) is 0 Å². The minimum Gasteiger partial charge on any atom is -0.224 e. The lowest BCUT2D eigenvalue weighted by Crippen LogP contribution is -1.97. The molecule has 1 rings (SSSR count). The average molecular weight is 206 g/mol. The molecule has 1 aromatic rings. The smallest absolute Gasteiger partial charge is 0.175 e. The summed E-state index contributed by atoms with van der Waals surface area (Å²) in [6.07, 6.45) is 1.06. The fourth-order valence-electron chi connectivity index (χ4n) is 0.723. The van der Waals surface area contributed by atoms with E-state index in [1.54, 1.807) is 0 Å². The third kappa shape index (κ3) is 1.98. The van der Waals surface area contributed by atoms with Gasteiger partial charge >= 0.3 is 0 Å². The van der Waals surface area contributed by atoms with Crippen molar-refractivity contribution in [2.45, 2.75) is 9.79 Å². The molecule has 0 spiro atoms. The van der Waals surface area contributed by atoms with Crippen molar-refractivity contribution in [3.05, 3.63) is 24.0 Å². The summed E-state index contributed by atoms with van der Waals surface area (Å²) in [7, 11) is -3.26. The highest BCUT2D eigenvalue weighted by Gasteiger charge is 2.08. The summed E-state index contributed by atoms with van der Waals surface area (Å²) >= 11 is 3.76. The Bertz CT molecular complexity index is 398. The lowest BCUT2D eigenvalue weighted by atomic mass is 10.3. The zero-order chi connectivity index (χ0) is 9.35. The maximum Gasteiger partial charge on any atom is 0.175 e. The molecule has 0 bridgehead atoms. The minimum atomic E-state index is -3.26. The van der Waals surface area contributed by atoms with E-state index in [0.29, 0.717) is 0 Å². The van der Waals surface area contributed by atoms with E-state index in [2.05, 4.69) is 12.6 Å². The van der Waals surface area contributed by atoms with Crippen LogP contribution < -0.4 is 0 Å². The first-order chi connectivity index (χ1) is 5.41. The molecule has 0 amide bonds. The molecule has 5 heteroatoms. The van der Waals surface area contributed by atoms with E-state index in [9.17, 15) is 12.8 Å². The minimum absolute atomic E-state index is 0.0397. The Morgan fingerprint density at radius 2 is 2.00 bits per heavy atom. The monoisotopic (exact) mass is 206 g/mol. The molecule has 0 aromatic heterocycles. The Hall–Kier alpha value is -0.550. The first kappa shape index (κ1) is 9.54. The van der Waals surface area contributed by atoms with Crippen LogP contribution in [0.4, 0.5) is 4.39 Å². The van der Waals surface area contributed by atoms with Crippen molar-refractivity contribution in [3.63, 3.8) is 0 Å². The molecule has 0 fully saturated rings. The van der Waals surface area contributed by atoms with E-state index < -0.39 is 15.7 Å². The Balaban J connectivity index is 3.33. The third-order valence-corrected chi connectivity index (χ3v) is 2.80. The van der Waals surface area contributed by atoms with Gasteiger partial charge in [0.1, 0.15) is 5.82 Å². The third-order valence-electron chi connectivity index (χ3n) is 1.35. The fraction of sp³-hybridized carbons (Fsp3) is 0.143. The Morgan fingerprint density at radius 3 is 2.42 bits per heavy atom. The van der Waals surface area contributed by atoms with Gasteiger partial charge in [-0.2, -0.15) is 0 Å². The number of hydrogen-bond donors (Lipinski definition) is 1. The van der Waals surface area contributed by atoms with Crippen LogP contribution >= 0.6 is 12.6 Å². The van der Waals surface area contributed by atoms with Gasteiger partial charge < -0.3 is 0 Å². The second-order valence-corrected chi connectivity index (χ2v) is 4.88. The number of benzene rings is 1. The van der Waals surface area contributed by atoms with Crippen LogP contribution in [0.3, 0.4) is 0 Å². The lowest BCUT2D eigenvalue weighted by Gasteiger charge is -1.99. The van der Waals surface area contributed by atoms with Crippen molar-refractivity contribution in [1.82, 2.24) is 0 Å². The topological polar surface area (TPSA) is 34.1 Å². The van der Waals surface area contributed by atoms with Crippen molar-refractivity contribution >= 4 is 22.5 Å². The SMILES string of the molecule is CS(=O)(=O)c1ccc(F)c(S)c1. The van der Waals surface area contributed by atoms with E-state index in [-0.39, 0.29) is 9.79 Å². The highest BCUT2D eigenvalue weighted by molar-refractivity contribution is 7.90. The summed E-state index contributed by atoms with van der Waals surface area (Å²) in [5.41, 5.74) is 0. The second-order valence-electron chi connectivity index (χ2n) is 2.39. The zero-order valence-electron chi connectivity index (χ0n) is 6.28. The predicted octanol–water partition coefficient (Wildman–Crippen LogP) is 1.52. The zero-order valence-corrected chi connectivity index (χ0v) is 7.99. The molecule has 12 heavy (non-hydrogen) atoms. The molecule has 0 atom stereocenters. The quantitative estimate of drug-likeness (QED) is 0.558. The van der Waals surface area contributed by atoms with Crippen molar-refractivity contribution in [3.8, 4) is 0 Å².